The summed E-state index contributed by atoms with van der Waals surface area (Å²) >= 11 is 2.50. The number of carboxylic acid groups (broad SMARTS) is 2. The number of piperidine rings is 1. The van der Waals surface area contributed by atoms with E-state index in [0.29, 0.717) is 17.6 Å². The van der Waals surface area contributed by atoms with Crippen molar-refractivity contribution in [3.8, 4) is 0 Å². The number of aromatic nitrogens is 1. The largest absolute Gasteiger partial charge is 0.490 e. The predicted molar refractivity (Wildman–Crippen MR) is 162 cm³/mol. The highest BCUT2D eigenvalue weighted by atomic mass is 32.2. The first-order valence-electron chi connectivity index (χ1n) is 14.7. The number of nitrogens with two attached hydrogens (primary N) is 1. The molecule has 254 valence electrons. The van der Waals surface area contributed by atoms with Gasteiger partial charge in [-0.3, -0.25) is 19.3 Å². The van der Waals surface area contributed by atoms with E-state index in [0.717, 1.165) is 62.8 Å². The standard InChI is InChI=1S/C26H30N6O6S2.C2HF3O2/c27-26-28-17(12-40-26)18(30-38-16-5-1-2-6-16)21(33)29-19-23(35)32-20(25(36)37)14(11-39-24(19)32)10-13-4-3-9-31(22(13)34)15-7-8-15;3-2(4,5)1(6)7/h10,12,15-16,19,24H,1-9,11H2,(H2,27,28)(H,29,33)(H,36,37);(H,6,7)/b13-10+,30-18-;/t19-,24-;/m1./s1. The number of hydrogen-bond acceptors (Lipinski definition) is 11. The Morgan fingerprint density at radius 2 is 1.81 bits per heavy atom. The van der Waals surface area contributed by atoms with Crippen molar-refractivity contribution in [1.29, 1.82) is 0 Å². The zero-order chi connectivity index (χ0) is 34.0. The van der Waals surface area contributed by atoms with Gasteiger partial charge in [-0.15, -0.1) is 23.1 Å². The molecule has 0 aromatic carbocycles. The number of halogens is 3. The normalized spacial score (nSPS) is 24.4. The van der Waals surface area contributed by atoms with Gasteiger partial charge in [0.1, 0.15) is 28.9 Å². The Labute approximate surface area is 273 Å². The summed E-state index contributed by atoms with van der Waals surface area (Å²) in [5.74, 6) is -4.95. The number of carboxylic acids is 2. The number of allylic oxidation sites excluding steroid dienone is 1. The van der Waals surface area contributed by atoms with Gasteiger partial charge in [-0.1, -0.05) is 5.16 Å². The molecule has 0 spiro atoms. The highest BCUT2D eigenvalue weighted by molar-refractivity contribution is 8.00. The number of β-lactam (4-membered cyclic amide) rings is 1. The highest BCUT2D eigenvalue weighted by Crippen LogP contribution is 2.42. The number of anilines is 1. The average Bonchev–Trinajstić information content (AvgIpc) is 3.55. The number of aliphatic carboxylic acids is 2. The van der Waals surface area contributed by atoms with Crippen LogP contribution in [0.15, 0.2) is 33.5 Å². The molecule has 2 saturated carbocycles. The fraction of sp³-hybridized carbons (Fsp3) is 0.536. The zero-order valence-corrected chi connectivity index (χ0v) is 26.3. The average molecular weight is 701 g/mol. The number of thioether (sulfide) groups is 1. The number of oxime groups is 1. The molecule has 4 heterocycles. The molecule has 19 heteroatoms. The van der Waals surface area contributed by atoms with Crippen LogP contribution in [0.4, 0.5) is 18.3 Å². The van der Waals surface area contributed by atoms with Crippen LogP contribution in [-0.4, -0.2) is 102 Å². The number of carbonyl (C=O) groups excluding carboxylic acids is 3. The van der Waals surface area contributed by atoms with Crippen LogP contribution >= 0.6 is 23.1 Å². The Morgan fingerprint density at radius 3 is 2.38 bits per heavy atom. The van der Waals surface area contributed by atoms with Gasteiger partial charge < -0.3 is 31.0 Å². The first-order chi connectivity index (χ1) is 22.3. The number of fused-ring (bicyclic) bond motifs is 1. The lowest BCUT2D eigenvalue weighted by atomic mass is 9.98. The molecular weight excluding hydrogens is 669 g/mol. The summed E-state index contributed by atoms with van der Waals surface area (Å²) in [5.41, 5.74) is 6.79. The summed E-state index contributed by atoms with van der Waals surface area (Å²) < 4.78 is 31.7. The number of likely N-dealkylation sites (tertiary alicyclic amines) is 1. The number of thiazole rings is 1. The molecule has 2 saturated heterocycles. The lowest BCUT2D eigenvalue weighted by Crippen LogP contribution is -2.71. The van der Waals surface area contributed by atoms with Gasteiger partial charge >= 0.3 is 18.1 Å². The Hall–Kier alpha value is -4.13. The number of nitrogen functional groups attached to an aromatic ring is 1. The molecule has 6 rings (SSSR count). The monoisotopic (exact) mass is 700 g/mol. The summed E-state index contributed by atoms with van der Waals surface area (Å²) in [7, 11) is 0. The molecule has 4 fully saturated rings. The molecule has 0 radical (unpaired) electrons. The molecule has 47 heavy (non-hydrogen) atoms. The Kier molecular flexibility index (Phi) is 10.1. The van der Waals surface area contributed by atoms with Crippen molar-refractivity contribution in [1.82, 2.24) is 20.1 Å². The Morgan fingerprint density at radius 1 is 1.13 bits per heavy atom. The second-order valence-corrected chi connectivity index (χ2v) is 13.4. The minimum absolute atomic E-state index is 0.0486. The number of hydrogen-bond donors (Lipinski definition) is 4. The summed E-state index contributed by atoms with van der Waals surface area (Å²) in [5, 5.41) is 25.2. The topological polar surface area (TPSA) is 205 Å². The molecule has 5 aliphatic rings. The quantitative estimate of drug-likeness (QED) is 0.134. The molecule has 3 amide bonds. The van der Waals surface area contributed by atoms with E-state index in [4.69, 9.17) is 20.5 Å². The fourth-order valence-electron chi connectivity index (χ4n) is 5.60. The van der Waals surface area contributed by atoms with Gasteiger partial charge in [0.05, 0.1) is 0 Å². The van der Waals surface area contributed by atoms with Crippen molar-refractivity contribution in [3.63, 3.8) is 0 Å². The molecule has 1 aromatic heterocycles. The number of nitrogens with one attached hydrogen (secondary N) is 1. The predicted octanol–water partition coefficient (Wildman–Crippen LogP) is 2.47. The Bertz CT molecular complexity index is 1550. The second-order valence-electron chi connectivity index (χ2n) is 11.4. The van der Waals surface area contributed by atoms with E-state index in [2.05, 4.69) is 15.5 Å². The van der Waals surface area contributed by atoms with E-state index in [1.54, 1.807) is 11.5 Å². The summed E-state index contributed by atoms with van der Waals surface area (Å²) in [6.45, 7) is 0.721. The van der Waals surface area contributed by atoms with Crippen LogP contribution in [0.1, 0.15) is 57.1 Å². The van der Waals surface area contributed by atoms with E-state index < -0.39 is 41.3 Å². The minimum atomic E-state index is -5.08. The van der Waals surface area contributed by atoms with Gasteiger partial charge in [-0.25, -0.2) is 14.6 Å². The van der Waals surface area contributed by atoms with Gasteiger partial charge in [0.25, 0.3) is 11.8 Å². The van der Waals surface area contributed by atoms with Gasteiger partial charge in [0, 0.05) is 29.3 Å². The van der Waals surface area contributed by atoms with Crippen LogP contribution in [0.2, 0.25) is 0 Å². The SMILES string of the molecule is Nc1nc(/C(=N/OC2CCCC2)C(=O)N[C@@H]2C(=O)N3C(C(=O)O)=C(/C=C4\CCCN(C5CC5)C4=O)CS[C@H]23)cs1.O=C(O)C(F)(F)F. The van der Waals surface area contributed by atoms with Crippen LogP contribution < -0.4 is 11.1 Å². The summed E-state index contributed by atoms with van der Waals surface area (Å²) in [6, 6.07) is -0.663. The number of carbonyl (C=O) groups is 5. The lowest BCUT2D eigenvalue weighted by Gasteiger charge is -2.49. The van der Waals surface area contributed by atoms with Crippen LogP contribution in [0.3, 0.4) is 0 Å². The molecular formula is C28H31F3N6O8S2. The lowest BCUT2D eigenvalue weighted by molar-refractivity contribution is -0.192. The fourth-order valence-corrected chi connectivity index (χ4v) is 7.45. The first-order valence-corrected chi connectivity index (χ1v) is 16.7. The van der Waals surface area contributed by atoms with E-state index in [-0.39, 0.29) is 46.0 Å². The van der Waals surface area contributed by atoms with E-state index in [9.17, 15) is 37.5 Å². The molecule has 2 atom stereocenters. The summed E-state index contributed by atoms with van der Waals surface area (Å²) in [6.07, 6.45) is 3.65. The molecule has 1 aromatic rings. The highest BCUT2D eigenvalue weighted by Gasteiger charge is 2.54. The van der Waals surface area contributed by atoms with Crippen LogP contribution in [0.25, 0.3) is 0 Å². The third-order valence-electron chi connectivity index (χ3n) is 8.02. The van der Waals surface area contributed by atoms with Crippen molar-refractivity contribution in [3.05, 3.63) is 34.0 Å². The zero-order valence-electron chi connectivity index (χ0n) is 24.7. The smallest absolute Gasteiger partial charge is 0.477 e. The molecule has 0 unspecified atom stereocenters. The van der Waals surface area contributed by atoms with Crippen molar-refractivity contribution in [2.45, 2.75) is 81.1 Å². The van der Waals surface area contributed by atoms with E-state index >= 15 is 0 Å². The number of nitrogens with zero attached hydrogens (tertiary/aromatic N) is 4. The van der Waals surface area contributed by atoms with Crippen LogP contribution in [0.5, 0.6) is 0 Å². The van der Waals surface area contributed by atoms with Crippen molar-refractivity contribution >= 4 is 63.6 Å². The second kappa shape index (κ2) is 13.9. The number of alkyl halides is 3. The van der Waals surface area contributed by atoms with Gasteiger partial charge in [-0.05, 0) is 63.0 Å². The van der Waals surface area contributed by atoms with Crippen LogP contribution in [-0.2, 0) is 28.8 Å². The van der Waals surface area contributed by atoms with Crippen molar-refractivity contribution in [2.75, 3.05) is 18.0 Å². The maximum Gasteiger partial charge on any atom is 0.490 e. The van der Waals surface area contributed by atoms with E-state index in [1.165, 1.54) is 16.7 Å². The third kappa shape index (κ3) is 7.72. The van der Waals surface area contributed by atoms with Gasteiger partial charge in [-0.2, -0.15) is 13.2 Å². The molecule has 5 N–H and O–H groups in total. The molecule has 2 aliphatic carbocycles. The van der Waals surface area contributed by atoms with Crippen molar-refractivity contribution < 1.29 is 52.2 Å². The maximum absolute atomic E-state index is 13.3. The van der Waals surface area contributed by atoms with Crippen LogP contribution in [0, 0.1) is 0 Å². The maximum atomic E-state index is 13.3. The first kappa shape index (κ1) is 34.2. The molecule has 3 aliphatic heterocycles. The van der Waals surface area contributed by atoms with Crippen molar-refractivity contribution in [2.24, 2.45) is 5.16 Å². The van der Waals surface area contributed by atoms with E-state index in [1.807, 2.05) is 4.90 Å². The van der Waals surface area contributed by atoms with Gasteiger partial charge in [0.15, 0.2) is 10.8 Å². The summed E-state index contributed by atoms with van der Waals surface area (Å²) in [4.78, 5) is 73.6. The number of rotatable bonds is 8. The molecule has 0 bridgehead atoms. The number of amides is 3. The van der Waals surface area contributed by atoms with Gasteiger partial charge in [0.2, 0.25) is 5.91 Å². The minimum Gasteiger partial charge on any atom is -0.477 e. The molecule has 14 nitrogen and oxygen atoms in total. The Balaban J connectivity index is 0.000000559. The third-order valence-corrected chi connectivity index (χ3v) is 10.00.